The third kappa shape index (κ3) is 2.99. The Balaban J connectivity index is 1.78. The predicted molar refractivity (Wildman–Crippen MR) is 84.7 cm³/mol. The summed E-state index contributed by atoms with van der Waals surface area (Å²) in [4.78, 5) is 33.5. The number of carbonyl (C=O) groups is 1. The summed E-state index contributed by atoms with van der Waals surface area (Å²) in [6.45, 7) is 1.30. The molecule has 0 bridgehead atoms. The molecule has 3 rings (SSSR count). The topological polar surface area (TPSA) is 80.2 Å². The van der Waals surface area contributed by atoms with Crippen LogP contribution in [0.4, 0.5) is 0 Å². The van der Waals surface area contributed by atoms with Gasteiger partial charge in [0.2, 0.25) is 5.43 Å². The van der Waals surface area contributed by atoms with Gasteiger partial charge in [0.25, 0.3) is 5.91 Å². The van der Waals surface area contributed by atoms with Crippen molar-refractivity contribution in [2.24, 2.45) is 7.05 Å². The van der Waals surface area contributed by atoms with Gasteiger partial charge in [0, 0.05) is 50.7 Å². The van der Waals surface area contributed by atoms with Crippen LogP contribution in [0.5, 0.6) is 5.75 Å². The number of ether oxygens (including phenoxy) is 1. The van der Waals surface area contributed by atoms with Gasteiger partial charge in [0.15, 0.2) is 5.75 Å². The van der Waals surface area contributed by atoms with Crippen LogP contribution in [0, 0.1) is 0 Å². The van der Waals surface area contributed by atoms with E-state index in [2.05, 4.69) is 9.97 Å². The Morgan fingerprint density at radius 2 is 2.30 bits per heavy atom. The molecule has 2 aromatic rings. The van der Waals surface area contributed by atoms with Crippen molar-refractivity contribution >= 4 is 5.91 Å². The predicted octanol–water partition coefficient (Wildman–Crippen LogP) is 1.14. The third-order valence-electron chi connectivity index (χ3n) is 4.26. The highest BCUT2D eigenvalue weighted by Crippen LogP contribution is 2.26. The lowest BCUT2D eigenvalue weighted by Crippen LogP contribution is -2.40. The fourth-order valence-electron chi connectivity index (χ4n) is 3.05. The Morgan fingerprint density at radius 3 is 2.96 bits per heavy atom. The van der Waals surface area contributed by atoms with Crippen LogP contribution in [-0.4, -0.2) is 45.5 Å². The first kappa shape index (κ1) is 15.3. The Kier molecular flexibility index (Phi) is 4.18. The molecule has 0 aliphatic carbocycles. The molecular formula is C16H20N4O3. The van der Waals surface area contributed by atoms with Crippen molar-refractivity contribution < 1.29 is 9.53 Å². The number of nitrogens with one attached hydrogen (secondary N) is 1. The van der Waals surface area contributed by atoms with Gasteiger partial charge in [-0.15, -0.1) is 0 Å². The van der Waals surface area contributed by atoms with Crippen LogP contribution < -0.4 is 10.2 Å². The summed E-state index contributed by atoms with van der Waals surface area (Å²) < 4.78 is 6.92. The number of aryl methyl sites for hydroxylation is 1. The number of aromatic nitrogens is 3. The molecule has 3 heterocycles. The number of H-pyrrole nitrogens is 1. The number of hydrogen-bond acceptors (Lipinski definition) is 4. The van der Waals surface area contributed by atoms with E-state index in [1.165, 1.54) is 19.4 Å². The first-order valence-electron chi connectivity index (χ1n) is 7.63. The highest BCUT2D eigenvalue weighted by molar-refractivity contribution is 5.92. The van der Waals surface area contributed by atoms with Gasteiger partial charge in [-0.1, -0.05) is 0 Å². The van der Waals surface area contributed by atoms with Crippen molar-refractivity contribution in [3.8, 4) is 5.75 Å². The minimum atomic E-state index is -0.299. The zero-order valence-corrected chi connectivity index (χ0v) is 13.3. The molecule has 122 valence electrons. The minimum absolute atomic E-state index is 0.163. The van der Waals surface area contributed by atoms with E-state index >= 15 is 0 Å². The van der Waals surface area contributed by atoms with E-state index in [1.54, 1.807) is 11.1 Å². The summed E-state index contributed by atoms with van der Waals surface area (Å²) in [7, 11) is 3.39. The molecule has 1 aliphatic heterocycles. The first-order valence-corrected chi connectivity index (χ1v) is 7.63. The second-order valence-corrected chi connectivity index (χ2v) is 5.77. The molecule has 0 saturated carbocycles. The van der Waals surface area contributed by atoms with E-state index in [1.807, 2.05) is 17.8 Å². The molecule has 1 saturated heterocycles. The molecule has 7 nitrogen and oxygen atoms in total. The molecule has 1 fully saturated rings. The number of rotatable bonds is 3. The third-order valence-corrected chi connectivity index (χ3v) is 4.26. The number of aromatic amines is 1. The number of likely N-dealkylation sites (tertiary alicyclic amines) is 1. The summed E-state index contributed by atoms with van der Waals surface area (Å²) in [6, 6.07) is 1.30. The summed E-state index contributed by atoms with van der Waals surface area (Å²) >= 11 is 0. The number of imidazole rings is 1. The van der Waals surface area contributed by atoms with Gasteiger partial charge in [-0.25, -0.2) is 4.98 Å². The quantitative estimate of drug-likeness (QED) is 0.921. The molecule has 1 amide bonds. The zero-order valence-electron chi connectivity index (χ0n) is 13.3. The fourth-order valence-corrected chi connectivity index (χ4v) is 3.05. The molecule has 0 unspecified atom stereocenters. The average molecular weight is 316 g/mol. The number of amides is 1. The van der Waals surface area contributed by atoms with Crippen LogP contribution in [0.25, 0.3) is 0 Å². The van der Waals surface area contributed by atoms with Crippen molar-refractivity contribution in [2.75, 3.05) is 20.2 Å². The monoisotopic (exact) mass is 316 g/mol. The van der Waals surface area contributed by atoms with Crippen molar-refractivity contribution in [3.05, 3.63) is 46.4 Å². The smallest absolute Gasteiger partial charge is 0.270 e. The normalized spacial score (nSPS) is 18.0. The van der Waals surface area contributed by atoms with Crippen molar-refractivity contribution in [1.29, 1.82) is 0 Å². The number of hydrogen-bond donors (Lipinski definition) is 1. The van der Waals surface area contributed by atoms with Crippen LogP contribution in [0.3, 0.4) is 0 Å². The molecule has 7 heteroatoms. The van der Waals surface area contributed by atoms with E-state index in [0.29, 0.717) is 13.1 Å². The summed E-state index contributed by atoms with van der Waals surface area (Å²) in [5.74, 6) is 1.25. The van der Waals surface area contributed by atoms with Crippen LogP contribution in [0.2, 0.25) is 0 Å². The Morgan fingerprint density at radius 1 is 1.48 bits per heavy atom. The molecule has 0 spiro atoms. The summed E-state index contributed by atoms with van der Waals surface area (Å²) in [5, 5.41) is 0. The second-order valence-electron chi connectivity index (χ2n) is 5.77. The maximum absolute atomic E-state index is 12.6. The fraction of sp³-hybridized carbons (Fsp3) is 0.438. The Labute approximate surface area is 133 Å². The lowest BCUT2D eigenvalue weighted by molar-refractivity contribution is 0.0697. The van der Waals surface area contributed by atoms with Gasteiger partial charge in [0.05, 0.1) is 7.11 Å². The van der Waals surface area contributed by atoms with Gasteiger partial charge < -0.3 is 19.2 Å². The van der Waals surface area contributed by atoms with Crippen molar-refractivity contribution in [3.63, 3.8) is 0 Å². The van der Waals surface area contributed by atoms with Gasteiger partial charge in [-0.2, -0.15) is 0 Å². The highest BCUT2D eigenvalue weighted by atomic mass is 16.5. The van der Waals surface area contributed by atoms with E-state index in [0.717, 1.165) is 18.7 Å². The van der Waals surface area contributed by atoms with Crippen LogP contribution in [-0.2, 0) is 7.05 Å². The maximum atomic E-state index is 12.6. The lowest BCUT2D eigenvalue weighted by Gasteiger charge is -2.32. The zero-order chi connectivity index (χ0) is 16.4. The largest absolute Gasteiger partial charge is 0.491 e. The van der Waals surface area contributed by atoms with Crippen LogP contribution in [0.15, 0.2) is 29.5 Å². The number of methoxy groups -OCH3 is 1. The van der Waals surface area contributed by atoms with Crippen molar-refractivity contribution in [2.45, 2.75) is 18.8 Å². The Bertz CT molecular complexity index is 765. The SMILES string of the molecule is COc1c[nH]c(C(=O)N2CCC[C@@H](c3nccn3C)C2)cc1=O. The standard InChI is InChI=1S/C16H20N4O3/c1-19-7-5-17-15(19)11-4-3-6-20(10-11)16(22)12-8-13(21)14(23-2)9-18-12/h5,7-9,11H,3-4,6,10H2,1-2H3,(H,18,21)/t11-/m1/s1. The van der Waals surface area contributed by atoms with Gasteiger partial charge in [0.1, 0.15) is 11.5 Å². The van der Waals surface area contributed by atoms with E-state index in [-0.39, 0.29) is 28.7 Å². The van der Waals surface area contributed by atoms with Gasteiger partial charge in [-0.05, 0) is 12.8 Å². The second kappa shape index (κ2) is 6.28. The molecular weight excluding hydrogens is 296 g/mol. The van der Waals surface area contributed by atoms with Crippen LogP contribution >= 0.6 is 0 Å². The number of pyridine rings is 1. The van der Waals surface area contributed by atoms with Gasteiger partial charge >= 0.3 is 0 Å². The van der Waals surface area contributed by atoms with Crippen LogP contribution in [0.1, 0.15) is 35.1 Å². The molecule has 1 aliphatic rings. The summed E-state index contributed by atoms with van der Waals surface area (Å²) in [5.41, 5.74) is -0.0106. The summed E-state index contributed by atoms with van der Waals surface area (Å²) in [6.07, 6.45) is 7.04. The van der Waals surface area contributed by atoms with E-state index in [9.17, 15) is 9.59 Å². The first-order chi connectivity index (χ1) is 11.1. The van der Waals surface area contributed by atoms with Crippen molar-refractivity contribution in [1.82, 2.24) is 19.4 Å². The lowest BCUT2D eigenvalue weighted by atomic mass is 9.97. The molecule has 1 N–H and O–H groups in total. The highest BCUT2D eigenvalue weighted by Gasteiger charge is 2.28. The van der Waals surface area contributed by atoms with Gasteiger partial charge in [-0.3, -0.25) is 9.59 Å². The molecule has 1 atom stereocenters. The number of carbonyl (C=O) groups excluding carboxylic acids is 1. The average Bonchev–Trinajstić information content (AvgIpc) is 3.00. The number of piperidine rings is 1. The minimum Gasteiger partial charge on any atom is -0.491 e. The van der Waals surface area contributed by atoms with E-state index in [4.69, 9.17) is 4.74 Å². The molecule has 2 aromatic heterocycles. The van der Waals surface area contributed by atoms with E-state index < -0.39 is 0 Å². The number of nitrogens with zero attached hydrogens (tertiary/aromatic N) is 3. The Hall–Kier alpha value is -2.57. The molecule has 0 aromatic carbocycles. The molecule has 23 heavy (non-hydrogen) atoms. The maximum Gasteiger partial charge on any atom is 0.270 e. The molecule has 0 radical (unpaired) electrons.